The average Bonchev–Trinajstić information content (AvgIpc) is 2.61. The Morgan fingerprint density at radius 1 is 1.08 bits per heavy atom. The van der Waals surface area contributed by atoms with Crippen LogP contribution >= 0.6 is 0 Å². The first kappa shape index (κ1) is 17.4. The highest BCUT2D eigenvalue weighted by molar-refractivity contribution is 5.92. The third kappa shape index (κ3) is 2.65. The Balaban J connectivity index is 2.26. The number of nitro groups is 1. The molecule has 10 heteroatoms. The molecule has 1 aromatic heterocycles. The molecule has 0 saturated heterocycles. The van der Waals surface area contributed by atoms with Crippen LogP contribution in [-0.2, 0) is 13.1 Å². The summed E-state index contributed by atoms with van der Waals surface area (Å²) in [7, 11) is 0. The van der Waals surface area contributed by atoms with E-state index >= 15 is 0 Å². The highest BCUT2D eigenvalue weighted by Gasteiger charge is 2.32. The number of anilines is 1. The second-order valence-corrected chi connectivity index (χ2v) is 5.72. The smallest absolute Gasteiger partial charge is 0.327 e. The fourth-order valence-electron chi connectivity index (χ4n) is 3.07. The third-order valence-corrected chi connectivity index (χ3v) is 4.33. The normalized spacial score (nSPS) is 15.8. The van der Waals surface area contributed by atoms with E-state index < -0.39 is 28.2 Å². The molecular formula is C16H17N5O5. The SMILES string of the molecule is CCn1c2c(c(=O)n(CC)c1=O)C(c1ccc([N+](=O)[O-])cc1)NC(=O)N2. The molecule has 2 heterocycles. The molecule has 26 heavy (non-hydrogen) atoms. The van der Waals surface area contributed by atoms with Gasteiger partial charge < -0.3 is 5.32 Å². The summed E-state index contributed by atoms with van der Waals surface area (Å²) in [5, 5.41) is 16.0. The van der Waals surface area contributed by atoms with Crippen molar-refractivity contribution in [1.29, 1.82) is 0 Å². The van der Waals surface area contributed by atoms with E-state index in [1.165, 1.54) is 28.8 Å². The number of nitro benzene ring substituents is 1. The quantitative estimate of drug-likeness (QED) is 0.626. The van der Waals surface area contributed by atoms with Crippen LogP contribution in [-0.4, -0.2) is 20.1 Å². The van der Waals surface area contributed by atoms with Gasteiger partial charge in [-0.15, -0.1) is 0 Å². The molecule has 3 rings (SSSR count). The van der Waals surface area contributed by atoms with E-state index in [9.17, 15) is 24.5 Å². The molecule has 0 bridgehead atoms. The van der Waals surface area contributed by atoms with Crippen molar-refractivity contribution in [1.82, 2.24) is 14.5 Å². The van der Waals surface area contributed by atoms with E-state index in [0.717, 1.165) is 4.57 Å². The van der Waals surface area contributed by atoms with Crippen molar-refractivity contribution in [3.05, 3.63) is 66.3 Å². The summed E-state index contributed by atoms with van der Waals surface area (Å²) in [6.07, 6.45) is 0. The molecule has 1 aromatic carbocycles. The number of aromatic nitrogens is 2. The summed E-state index contributed by atoms with van der Waals surface area (Å²) in [6, 6.07) is 4.19. The largest absolute Gasteiger partial charge is 0.332 e. The van der Waals surface area contributed by atoms with Crippen LogP contribution in [0.2, 0.25) is 0 Å². The van der Waals surface area contributed by atoms with E-state index in [0.29, 0.717) is 5.56 Å². The van der Waals surface area contributed by atoms with Crippen LogP contribution in [0.3, 0.4) is 0 Å². The van der Waals surface area contributed by atoms with E-state index in [1.807, 2.05) is 0 Å². The molecule has 1 unspecified atom stereocenters. The number of hydrogen-bond acceptors (Lipinski definition) is 5. The van der Waals surface area contributed by atoms with Crippen molar-refractivity contribution in [2.45, 2.75) is 33.0 Å². The predicted molar refractivity (Wildman–Crippen MR) is 93.4 cm³/mol. The van der Waals surface area contributed by atoms with Gasteiger partial charge in [-0.25, -0.2) is 9.59 Å². The van der Waals surface area contributed by atoms with Crippen molar-refractivity contribution in [2.75, 3.05) is 5.32 Å². The summed E-state index contributed by atoms with van der Waals surface area (Å²) >= 11 is 0. The van der Waals surface area contributed by atoms with Crippen molar-refractivity contribution in [3.63, 3.8) is 0 Å². The Kier molecular flexibility index (Phi) is 4.33. The Labute approximate surface area is 147 Å². The summed E-state index contributed by atoms with van der Waals surface area (Å²) in [6.45, 7) is 3.88. The lowest BCUT2D eigenvalue weighted by Gasteiger charge is -2.29. The highest BCUT2D eigenvalue weighted by atomic mass is 16.6. The van der Waals surface area contributed by atoms with Crippen molar-refractivity contribution in [2.24, 2.45) is 0 Å². The molecule has 136 valence electrons. The van der Waals surface area contributed by atoms with Crippen molar-refractivity contribution >= 4 is 17.5 Å². The molecule has 1 aliphatic rings. The number of carbonyl (C=O) groups is 1. The molecule has 0 saturated carbocycles. The fraction of sp³-hybridized carbons (Fsp3) is 0.312. The molecule has 0 fully saturated rings. The van der Waals surface area contributed by atoms with Crippen LogP contribution < -0.4 is 21.9 Å². The lowest BCUT2D eigenvalue weighted by atomic mass is 9.98. The number of benzene rings is 1. The zero-order valence-corrected chi connectivity index (χ0v) is 14.2. The van der Waals surface area contributed by atoms with E-state index in [2.05, 4.69) is 10.6 Å². The monoisotopic (exact) mass is 359 g/mol. The number of carbonyl (C=O) groups excluding carboxylic acids is 1. The number of amides is 2. The van der Waals surface area contributed by atoms with Gasteiger partial charge in [0.05, 0.1) is 16.5 Å². The highest BCUT2D eigenvalue weighted by Crippen LogP contribution is 2.29. The van der Waals surface area contributed by atoms with Gasteiger partial charge in [0.1, 0.15) is 5.82 Å². The third-order valence-electron chi connectivity index (χ3n) is 4.33. The van der Waals surface area contributed by atoms with Crippen molar-refractivity contribution < 1.29 is 9.72 Å². The number of urea groups is 1. The van der Waals surface area contributed by atoms with Gasteiger partial charge in [0.25, 0.3) is 11.2 Å². The van der Waals surface area contributed by atoms with Gasteiger partial charge in [-0.3, -0.25) is 29.4 Å². The van der Waals surface area contributed by atoms with Crippen LogP contribution in [0.1, 0.15) is 31.0 Å². The van der Waals surface area contributed by atoms with Gasteiger partial charge in [0.2, 0.25) is 0 Å². The summed E-state index contributed by atoms with van der Waals surface area (Å²) in [5.74, 6) is 0.152. The number of non-ortho nitro benzene ring substituents is 1. The van der Waals surface area contributed by atoms with E-state index in [1.54, 1.807) is 13.8 Å². The number of nitrogens with zero attached hydrogens (tertiary/aromatic N) is 3. The molecule has 2 aromatic rings. The molecule has 0 spiro atoms. The number of hydrogen-bond donors (Lipinski definition) is 2. The summed E-state index contributed by atoms with van der Waals surface area (Å²) in [4.78, 5) is 47.7. The fourth-order valence-corrected chi connectivity index (χ4v) is 3.07. The molecule has 10 nitrogen and oxygen atoms in total. The van der Waals surface area contributed by atoms with Gasteiger partial charge in [0, 0.05) is 25.2 Å². The molecule has 0 aliphatic carbocycles. The zero-order chi connectivity index (χ0) is 19.0. The van der Waals surface area contributed by atoms with Gasteiger partial charge in [-0.05, 0) is 31.5 Å². The Bertz CT molecular complexity index is 1010. The first-order valence-electron chi connectivity index (χ1n) is 8.08. The van der Waals surface area contributed by atoms with Crippen LogP contribution in [0.4, 0.5) is 16.3 Å². The van der Waals surface area contributed by atoms with Gasteiger partial charge in [0.15, 0.2) is 0 Å². The zero-order valence-electron chi connectivity index (χ0n) is 14.2. The minimum Gasteiger partial charge on any atom is -0.327 e. The summed E-state index contributed by atoms with van der Waals surface area (Å²) < 4.78 is 2.43. The van der Waals surface area contributed by atoms with Gasteiger partial charge >= 0.3 is 11.7 Å². The van der Waals surface area contributed by atoms with Gasteiger partial charge in [-0.1, -0.05) is 0 Å². The first-order valence-corrected chi connectivity index (χ1v) is 8.08. The van der Waals surface area contributed by atoms with Crippen molar-refractivity contribution in [3.8, 4) is 0 Å². The van der Waals surface area contributed by atoms with Gasteiger partial charge in [-0.2, -0.15) is 0 Å². The molecule has 0 radical (unpaired) electrons. The minimum absolute atomic E-state index is 0.0984. The second-order valence-electron chi connectivity index (χ2n) is 5.72. The Hall–Kier alpha value is -3.43. The maximum atomic E-state index is 12.8. The maximum Gasteiger partial charge on any atom is 0.332 e. The summed E-state index contributed by atoms with van der Waals surface area (Å²) in [5.41, 5.74) is -0.371. The predicted octanol–water partition coefficient (Wildman–Crippen LogP) is 1.18. The Morgan fingerprint density at radius 2 is 1.69 bits per heavy atom. The minimum atomic E-state index is -0.816. The number of nitrogens with one attached hydrogen (secondary N) is 2. The molecule has 2 amide bonds. The number of fused-ring (bicyclic) bond motifs is 1. The maximum absolute atomic E-state index is 12.8. The molecule has 1 atom stereocenters. The lowest BCUT2D eigenvalue weighted by Crippen LogP contribution is -2.50. The molecule has 1 aliphatic heterocycles. The van der Waals surface area contributed by atoms with E-state index in [-0.39, 0.29) is 30.2 Å². The topological polar surface area (TPSA) is 128 Å². The first-order chi connectivity index (χ1) is 12.4. The van der Waals surface area contributed by atoms with Crippen LogP contribution in [0.25, 0.3) is 0 Å². The van der Waals surface area contributed by atoms with Crippen LogP contribution in [0, 0.1) is 10.1 Å². The van der Waals surface area contributed by atoms with E-state index in [4.69, 9.17) is 0 Å². The van der Waals surface area contributed by atoms with Crippen LogP contribution in [0.15, 0.2) is 33.9 Å². The number of rotatable bonds is 4. The molecular weight excluding hydrogens is 342 g/mol. The lowest BCUT2D eigenvalue weighted by molar-refractivity contribution is -0.384. The standard InChI is InChI=1S/C16H17N5O5/c1-3-19-13-11(14(22)20(4-2)16(19)24)12(17-15(23)18-13)9-5-7-10(8-6-9)21(25)26/h5-8,12H,3-4H2,1-2H3,(H2,17,18,23). The molecule has 2 N–H and O–H groups in total. The average molecular weight is 359 g/mol. The second kappa shape index (κ2) is 6.47. The Morgan fingerprint density at radius 3 is 2.23 bits per heavy atom. The van der Waals surface area contributed by atoms with Crippen LogP contribution in [0.5, 0.6) is 0 Å².